The molecule has 140 valence electrons. The lowest BCUT2D eigenvalue weighted by Gasteiger charge is -2.28. The van der Waals surface area contributed by atoms with Gasteiger partial charge in [0.1, 0.15) is 11.0 Å². The molecule has 0 bridgehead atoms. The number of piperidine rings is 1. The number of amides is 2. The number of nitrogens with one attached hydrogen (secondary N) is 3. The minimum Gasteiger partial charge on any atom is -0.355 e. The molecular formula is C19H27N4O2S+. The number of hydrogen-bond donors (Lipinski definition) is 3. The van der Waals surface area contributed by atoms with E-state index in [0.717, 1.165) is 31.4 Å². The van der Waals surface area contributed by atoms with Gasteiger partial charge in [-0.1, -0.05) is 12.1 Å². The Morgan fingerprint density at radius 1 is 1.38 bits per heavy atom. The third kappa shape index (κ3) is 4.59. The third-order valence-corrected chi connectivity index (χ3v) is 6.01. The highest BCUT2D eigenvalue weighted by Crippen LogP contribution is 2.30. The van der Waals surface area contributed by atoms with Crippen molar-refractivity contribution in [2.75, 3.05) is 26.2 Å². The average molecular weight is 376 g/mol. The summed E-state index contributed by atoms with van der Waals surface area (Å²) in [6.45, 7) is 6.48. The van der Waals surface area contributed by atoms with Crippen molar-refractivity contribution < 1.29 is 14.5 Å². The topological polar surface area (TPSA) is 75.5 Å². The molecule has 3 N–H and O–H groups in total. The van der Waals surface area contributed by atoms with Crippen LogP contribution in [0.2, 0.25) is 0 Å². The second-order valence-corrected chi connectivity index (χ2v) is 7.99. The van der Waals surface area contributed by atoms with E-state index < -0.39 is 6.04 Å². The van der Waals surface area contributed by atoms with Gasteiger partial charge in [0.15, 0.2) is 6.54 Å². The Hall–Kier alpha value is -1.99. The van der Waals surface area contributed by atoms with Gasteiger partial charge in [-0.05, 0) is 38.8 Å². The normalized spacial score (nSPS) is 21.3. The lowest BCUT2D eigenvalue weighted by atomic mass is 9.99. The summed E-state index contributed by atoms with van der Waals surface area (Å²) in [6.07, 6.45) is 2.22. The van der Waals surface area contributed by atoms with E-state index in [0.29, 0.717) is 19.0 Å². The smallest absolute Gasteiger partial charge is 0.275 e. The predicted molar refractivity (Wildman–Crippen MR) is 103 cm³/mol. The van der Waals surface area contributed by atoms with Crippen LogP contribution in [0.15, 0.2) is 24.3 Å². The van der Waals surface area contributed by atoms with Crippen molar-refractivity contribution >= 4 is 33.4 Å². The van der Waals surface area contributed by atoms with E-state index in [2.05, 4.69) is 22.8 Å². The maximum absolute atomic E-state index is 12.3. The Kier molecular flexibility index (Phi) is 6.21. The van der Waals surface area contributed by atoms with Crippen molar-refractivity contribution in [3.05, 3.63) is 29.3 Å². The Labute approximate surface area is 158 Å². The maximum atomic E-state index is 12.3. The van der Waals surface area contributed by atoms with Crippen LogP contribution in [0.25, 0.3) is 10.2 Å². The van der Waals surface area contributed by atoms with Crippen molar-refractivity contribution in [2.24, 2.45) is 0 Å². The van der Waals surface area contributed by atoms with Crippen LogP contribution in [0.3, 0.4) is 0 Å². The summed E-state index contributed by atoms with van der Waals surface area (Å²) < 4.78 is 1.23. The number of para-hydroxylation sites is 1. The second kappa shape index (κ2) is 8.60. The first kappa shape index (κ1) is 18.8. The van der Waals surface area contributed by atoms with Crippen LogP contribution < -0.4 is 15.5 Å². The number of hydrogen-bond acceptors (Lipinski definition) is 4. The molecular weight excluding hydrogens is 348 g/mol. The number of rotatable bonds is 6. The first-order chi connectivity index (χ1) is 12.6. The lowest BCUT2D eigenvalue weighted by Crippen LogP contribution is -3.14. The zero-order chi connectivity index (χ0) is 18.5. The summed E-state index contributed by atoms with van der Waals surface area (Å²) in [7, 11) is 0. The molecule has 1 fully saturated rings. The molecule has 2 amide bonds. The molecule has 6 nitrogen and oxygen atoms in total. The molecule has 1 aliphatic heterocycles. The Balaban J connectivity index is 1.56. The summed E-state index contributed by atoms with van der Waals surface area (Å²) in [6, 6.07) is 7.73. The summed E-state index contributed by atoms with van der Waals surface area (Å²) in [4.78, 5) is 30.1. The number of nitrogens with zero attached hydrogens (tertiary/aromatic N) is 1. The van der Waals surface area contributed by atoms with Gasteiger partial charge in [-0.25, -0.2) is 4.98 Å². The lowest BCUT2D eigenvalue weighted by molar-refractivity contribution is -0.898. The number of carbonyl (C=O) groups is 2. The van der Waals surface area contributed by atoms with Gasteiger partial charge < -0.3 is 15.5 Å². The minimum atomic E-state index is -0.494. The number of benzene rings is 1. The number of thiazole rings is 1. The number of likely N-dealkylation sites (N-methyl/N-ethyl adjacent to an activating group) is 1. The Morgan fingerprint density at radius 3 is 2.96 bits per heavy atom. The summed E-state index contributed by atoms with van der Waals surface area (Å²) >= 11 is 1.77. The summed E-state index contributed by atoms with van der Waals surface area (Å²) in [5, 5.41) is 6.71. The van der Waals surface area contributed by atoms with Gasteiger partial charge in [-0.15, -0.1) is 11.3 Å². The largest absolute Gasteiger partial charge is 0.355 e. The van der Waals surface area contributed by atoms with Crippen LogP contribution in [-0.4, -0.2) is 49.0 Å². The fraction of sp³-hybridized carbons (Fsp3) is 0.526. The number of likely N-dealkylation sites (tertiary alicyclic amines) is 1. The van der Waals surface area contributed by atoms with E-state index >= 15 is 0 Å². The van der Waals surface area contributed by atoms with E-state index in [1.54, 1.807) is 18.3 Å². The zero-order valence-electron chi connectivity index (χ0n) is 15.4. The Morgan fingerprint density at radius 2 is 2.19 bits per heavy atom. The van der Waals surface area contributed by atoms with Gasteiger partial charge in [-0.2, -0.15) is 0 Å². The van der Waals surface area contributed by atoms with Crippen LogP contribution in [0.5, 0.6) is 0 Å². The molecule has 3 atom stereocenters. The molecule has 1 aromatic carbocycles. The fourth-order valence-corrected chi connectivity index (χ4v) is 4.60. The Bertz CT molecular complexity index is 743. The van der Waals surface area contributed by atoms with Crippen LogP contribution in [-0.2, 0) is 9.59 Å². The van der Waals surface area contributed by atoms with Crippen LogP contribution in [0.1, 0.15) is 37.6 Å². The van der Waals surface area contributed by atoms with Gasteiger partial charge in [-0.3, -0.25) is 9.59 Å². The monoisotopic (exact) mass is 375 g/mol. The van der Waals surface area contributed by atoms with Crippen molar-refractivity contribution in [3.63, 3.8) is 0 Å². The molecule has 2 aromatic rings. The number of quaternary nitrogens is 1. The molecule has 1 saturated heterocycles. The van der Waals surface area contributed by atoms with E-state index in [-0.39, 0.29) is 11.8 Å². The quantitative estimate of drug-likeness (QED) is 0.696. The highest BCUT2D eigenvalue weighted by atomic mass is 32.1. The highest BCUT2D eigenvalue weighted by molar-refractivity contribution is 7.18. The standard InChI is InChI=1S/C19H26N4O2S/c1-3-20-18(25)13(2)21-17(24)12-23-10-6-7-14(11-23)19-22-15-8-4-5-9-16(15)26-19/h4-5,8-9,13-14H,3,6-7,10-12H2,1-2H3,(H,20,25)(H,21,24)/p+1/t13-,14-/m0/s1. The molecule has 2 heterocycles. The predicted octanol–water partition coefficient (Wildman–Crippen LogP) is 0.699. The fourth-order valence-electron chi connectivity index (χ4n) is 3.50. The second-order valence-electron chi connectivity index (χ2n) is 6.92. The maximum Gasteiger partial charge on any atom is 0.275 e. The van der Waals surface area contributed by atoms with Crippen molar-refractivity contribution in [1.29, 1.82) is 0 Å². The highest BCUT2D eigenvalue weighted by Gasteiger charge is 2.28. The van der Waals surface area contributed by atoms with E-state index in [1.165, 1.54) is 14.6 Å². The minimum absolute atomic E-state index is 0.0660. The molecule has 7 heteroatoms. The number of fused-ring (bicyclic) bond motifs is 1. The molecule has 0 saturated carbocycles. The SMILES string of the molecule is CCNC(=O)[C@H](C)NC(=O)C[NH+]1CCC[C@H](c2nc3ccccc3s2)C1. The average Bonchev–Trinajstić information content (AvgIpc) is 3.06. The van der Waals surface area contributed by atoms with Crippen molar-refractivity contribution in [1.82, 2.24) is 15.6 Å². The van der Waals surface area contributed by atoms with Crippen LogP contribution in [0, 0.1) is 0 Å². The summed E-state index contributed by atoms with van der Waals surface area (Å²) in [5.74, 6) is 0.204. The van der Waals surface area contributed by atoms with Crippen LogP contribution in [0.4, 0.5) is 0 Å². The van der Waals surface area contributed by atoms with Gasteiger partial charge >= 0.3 is 0 Å². The van der Waals surface area contributed by atoms with Crippen molar-refractivity contribution in [2.45, 2.75) is 38.6 Å². The molecule has 1 aromatic heterocycles. The van der Waals surface area contributed by atoms with Crippen LogP contribution >= 0.6 is 11.3 Å². The van der Waals surface area contributed by atoms with E-state index in [9.17, 15) is 9.59 Å². The number of aromatic nitrogens is 1. The van der Waals surface area contributed by atoms with Gasteiger partial charge in [0.05, 0.1) is 29.2 Å². The molecule has 1 aliphatic rings. The first-order valence-electron chi connectivity index (χ1n) is 9.33. The third-order valence-electron chi connectivity index (χ3n) is 4.81. The molecule has 0 spiro atoms. The van der Waals surface area contributed by atoms with Gasteiger partial charge in [0, 0.05) is 6.54 Å². The first-order valence-corrected chi connectivity index (χ1v) is 10.1. The molecule has 3 rings (SSSR count). The molecule has 0 radical (unpaired) electrons. The molecule has 1 unspecified atom stereocenters. The van der Waals surface area contributed by atoms with E-state index in [4.69, 9.17) is 4.98 Å². The van der Waals surface area contributed by atoms with Gasteiger partial charge in [0.2, 0.25) is 5.91 Å². The molecule has 26 heavy (non-hydrogen) atoms. The van der Waals surface area contributed by atoms with E-state index in [1.807, 2.05) is 19.1 Å². The molecule has 0 aliphatic carbocycles. The number of carbonyl (C=O) groups excluding carboxylic acids is 2. The van der Waals surface area contributed by atoms with Crippen molar-refractivity contribution in [3.8, 4) is 0 Å². The zero-order valence-corrected chi connectivity index (χ0v) is 16.2. The van der Waals surface area contributed by atoms with Gasteiger partial charge in [0.25, 0.3) is 5.91 Å². The summed E-state index contributed by atoms with van der Waals surface area (Å²) in [5.41, 5.74) is 1.06.